The average molecular weight is 471 g/mol. The normalized spacial score (nSPS) is 13.3. The number of benzene rings is 3. The summed E-state index contributed by atoms with van der Waals surface area (Å²) in [6.07, 6.45) is 1.50. The summed E-state index contributed by atoms with van der Waals surface area (Å²) in [5, 5.41) is 8.34. The molecule has 1 saturated heterocycles. The van der Waals surface area contributed by atoms with Crippen LogP contribution in [0.2, 0.25) is 5.02 Å². The lowest BCUT2D eigenvalue weighted by molar-refractivity contribution is -0.128. The second-order valence-electron chi connectivity index (χ2n) is 8.24. The van der Waals surface area contributed by atoms with Crippen molar-refractivity contribution in [3.05, 3.63) is 101 Å². The monoisotopic (exact) mass is 470 g/mol. The number of amides is 2. The van der Waals surface area contributed by atoms with E-state index in [1.165, 1.54) is 0 Å². The van der Waals surface area contributed by atoms with Crippen molar-refractivity contribution in [2.45, 2.75) is 19.4 Å². The maximum atomic E-state index is 13.4. The van der Waals surface area contributed by atoms with Gasteiger partial charge in [-0.1, -0.05) is 54.1 Å². The van der Waals surface area contributed by atoms with E-state index in [1.54, 1.807) is 22.9 Å². The Morgan fingerprint density at radius 1 is 0.971 bits per heavy atom. The van der Waals surface area contributed by atoms with Gasteiger partial charge in [-0.15, -0.1) is 0 Å². The van der Waals surface area contributed by atoms with Crippen LogP contribution in [0.15, 0.2) is 84.9 Å². The predicted octanol–water partition coefficient (Wildman–Crippen LogP) is 5.57. The molecule has 1 fully saturated rings. The maximum Gasteiger partial charge on any atom is 0.274 e. The fraction of sp³-hybridized carbons (Fsp3) is 0.148. The second kappa shape index (κ2) is 9.53. The minimum atomic E-state index is -0.272. The zero-order chi connectivity index (χ0) is 23.5. The first kappa shape index (κ1) is 21.9. The Morgan fingerprint density at radius 3 is 2.50 bits per heavy atom. The highest BCUT2D eigenvalue weighted by Crippen LogP contribution is 2.24. The summed E-state index contributed by atoms with van der Waals surface area (Å²) in [5.74, 6) is -0.0955. The van der Waals surface area contributed by atoms with E-state index in [2.05, 4.69) is 5.32 Å². The molecule has 0 saturated carbocycles. The van der Waals surface area contributed by atoms with Gasteiger partial charge in [-0.2, -0.15) is 5.10 Å². The lowest BCUT2D eigenvalue weighted by atomic mass is 10.1. The number of anilines is 1. The number of likely N-dealkylation sites (tertiary alicyclic amines) is 1. The summed E-state index contributed by atoms with van der Waals surface area (Å²) < 4.78 is 1.64. The standard InChI is InChI=1S/C27H23ClN4O2/c28-21-13-11-20(12-14-21)24-17-25(32(30-24)23-8-2-1-3-9-23)27(34)29-22-7-4-6-19(16-22)18-31-15-5-10-26(31)33/h1-4,6-9,11-14,16-17H,5,10,15,18H2,(H,29,34). The molecule has 4 aromatic rings. The zero-order valence-corrected chi connectivity index (χ0v) is 19.2. The van der Waals surface area contributed by atoms with E-state index >= 15 is 0 Å². The fourth-order valence-corrected chi connectivity index (χ4v) is 4.23. The zero-order valence-electron chi connectivity index (χ0n) is 18.4. The minimum absolute atomic E-state index is 0.177. The Hall–Kier alpha value is -3.90. The predicted molar refractivity (Wildman–Crippen MR) is 133 cm³/mol. The van der Waals surface area contributed by atoms with Crippen LogP contribution in [-0.4, -0.2) is 33.0 Å². The van der Waals surface area contributed by atoms with Crippen molar-refractivity contribution in [1.82, 2.24) is 14.7 Å². The molecule has 6 nitrogen and oxygen atoms in total. The van der Waals surface area contributed by atoms with Crippen molar-refractivity contribution in [3.8, 4) is 16.9 Å². The number of aromatic nitrogens is 2. The highest BCUT2D eigenvalue weighted by Gasteiger charge is 2.21. The third kappa shape index (κ3) is 4.72. The van der Waals surface area contributed by atoms with Crippen LogP contribution in [0, 0.1) is 0 Å². The third-order valence-electron chi connectivity index (χ3n) is 5.81. The van der Waals surface area contributed by atoms with Crippen molar-refractivity contribution < 1.29 is 9.59 Å². The fourth-order valence-electron chi connectivity index (χ4n) is 4.10. The smallest absolute Gasteiger partial charge is 0.274 e. The Morgan fingerprint density at radius 2 is 1.76 bits per heavy atom. The molecule has 1 aliphatic rings. The molecule has 0 atom stereocenters. The molecule has 0 aliphatic carbocycles. The Balaban J connectivity index is 1.43. The average Bonchev–Trinajstić information content (AvgIpc) is 3.47. The molecule has 5 rings (SSSR count). The summed E-state index contributed by atoms with van der Waals surface area (Å²) in [7, 11) is 0. The second-order valence-corrected chi connectivity index (χ2v) is 8.68. The molecule has 3 aromatic carbocycles. The van der Waals surface area contributed by atoms with Crippen LogP contribution in [0.5, 0.6) is 0 Å². The molecule has 1 aliphatic heterocycles. The molecular formula is C27H23ClN4O2. The van der Waals surface area contributed by atoms with E-state index in [-0.39, 0.29) is 11.8 Å². The van der Waals surface area contributed by atoms with Crippen LogP contribution in [0.3, 0.4) is 0 Å². The van der Waals surface area contributed by atoms with Gasteiger partial charge in [0.2, 0.25) is 5.91 Å². The van der Waals surface area contributed by atoms with Gasteiger partial charge in [0.1, 0.15) is 5.69 Å². The quantitative estimate of drug-likeness (QED) is 0.400. The highest BCUT2D eigenvalue weighted by atomic mass is 35.5. The number of carbonyl (C=O) groups is 2. The summed E-state index contributed by atoms with van der Waals surface area (Å²) in [5.41, 5.74) is 4.39. The van der Waals surface area contributed by atoms with E-state index in [1.807, 2.05) is 71.6 Å². The number of nitrogens with one attached hydrogen (secondary N) is 1. The lowest BCUT2D eigenvalue weighted by Crippen LogP contribution is -2.24. The molecule has 2 heterocycles. The van der Waals surface area contributed by atoms with E-state index in [0.717, 1.165) is 29.8 Å². The summed E-state index contributed by atoms with van der Waals surface area (Å²) in [6, 6.07) is 26.3. The van der Waals surface area contributed by atoms with Crippen LogP contribution < -0.4 is 5.32 Å². The van der Waals surface area contributed by atoms with E-state index in [9.17, 15) is 9.59 Å². The third-order valence-corrected chi connectivity index (χ3v) is 6.06. The summed E-state index contributed by atoms with van der Waals surface area (Å²) >= 11 is 6.03. The molecule has 0 bridgehead atoms. The minimum Gasteiger partial charge on any atom is -0.338 e. The first-order chi connectivity index (χ1) is 16.6. The first-order valence-electron chi connectivity index (χ1n) is 11.2. The van der Waals surface area contributed by atoms with Gasteiger partial charge in [0.05, 0.1) is 11.4 Å². The van der Waals surface area contributed by atoms with Crippen LogP contribution in [0.25, 0.3) is 16.9 Å². The Labute approximate surface area is 202 Å². The van der Waals surface area contributed by atoms with Crippen molar-refractivity contribution in [1.29, 1.82) is 0 Å². The molecule has 0 unspecified atom stereocenters. The number of halogens is 1. The van der Waals surface area contributed by atoms with Gasteiger partial charge in [0, 0.05) is 35.8 Å². The van der Waals surface area contributed by atoms with Gasteiger partial charge in [-0.3, -0.25) is 9.59 Å². The van der Waals surface area contributed by atoms with Gasteiger partial charge in [-0.05, 0) is 54.4 Å². The van der Waals surface area contributed by atoms with Crippen LogP contribution in [0.4, 0.5) is 5.69 Å². The molecule has 1 aromatic heterocycles. The van der Waals surface area contributed by atoms with Gasteiger partial charge >= 0.3 is 0 Å². The van der Waals surface area contributed by atoms with E-state index < -0.39 is 0 Å². The van der Waals surface area contributed by atoms with Gasteiger partial charge in [-0.25, -0.2) is 4.68 Å². The molecule has 1 N–H and O–H groups in total. The van der Waals surface area contributed by atoms with E-state index in [0.29, 0.717) is 35.1 Å². The lowest BCUT2D eigenvalue weighted by Gasteiger charge is -2.16. The molecule has 0 radical (unpaired) electrons. The number of rotatable bonds is 6. The highest BCUT2D eigenvalue weighted by molar-refractivity contribution is 6.30. The molecular weight excluding hydrogens is 448 g/mol. The van der Waals surface area contributed by atoms with E-state index in [4.69, 9.17) is 16.7 Å². The van der Waals surface area contributed by atoms with Crippen molar-refractivity contribution >= 4 is 29.1 Å². The van der Waals surface area contributed by atoms with Crippen LogP contribution in [0.1, 0.15) is 28.9 Å². The molecule has 7 heteroatoms. The Bertz CT molecular complexity index is 1330. The number of para-hydroxylation sites is 1. The van der Waals surface area contributed by atoms with Crippen molar-refractivity contribution in [2.24, 2.45) is 0 Å². The topological polar surface area (TPSA) is 67.2 Å². The van der Waals surface area contributed by atoms with Gasteiger partial charge < -0.3 is 10.2 Å². The Kier molecular flexibility index (Phi) is 6.14. The molecule has 0 spiro atoms. The van der Waals surface area contributed by atoms with Crippen molar-refractivity contribution in [2.75, 3.05) is 11.9 Å². The number of carbonyl (C=O) groups excluding carboxylic acids is 2. The van der Waals surface area contributed by atoms with Crippen LogP contribution >= 0.6 is 11.6 Å². The number of nitrogens with zero attached hydrogens (tertiary/aromatic N) is 3. The molecule has 34 heavy (non-hydrogen) atoms. The SMILES string of the molecule is O=C(Nc1cccc(CN2CCCC2=O)c1)c1cc(-c2ccc(Cl)cc2)nn1-c1ccccc1. The van der Waals surface area contributed by atoms with Gasteiger partial charge in [0.25, 0.3) is 5.91 Å². The molecule has 2 amide bonds. The number of hydrogen-bond donors (Lipinski definition) is 1. The largest absolute Gasteiger partial charge is 0.338 e. The molecule has 170 valence electrons. The van der Waals surface area contributed by atoms with Crippen LogP contribution in [-0.2, 0) is 11.3 Å². The first-order valence-corrected chi connectivity index (χ1v) is 11.5. The number of hydrogen-bond acceptors (Lipinski definition) is 3. The maximum absolute atomic E-state index is 13.4. The summed E-state index contributed by atoms with van der Waals surface area (Å²) in [4.78, 5) is 27.2. The van der Waals surface area contributed by atoms with Gasteiger partial charge in [0.15, 0.2) is 0 Å². The summed E-state index contributed by atoms with van der Waals surface area (Å²) in [6.45, 7) is 1.32. The van der Waals surface area contributed by atoms with Crippen molar-refractivity contribution in [3.63, 3.8) is 0 Å².